The van der Waals surface area contributed by atoms with E-state index in [9.17, 15) is 4.79 Å². The molecule has 2 rings (SSSR count). The zero-order valence-electron chi connectivity index (χ0n) is 11.0. The highest BCUT2D eigenvalue weighted by Gasteiger charge is 2.20. The molecule has 0 aromatic heterocycles. The van der Waals surface area contributed by atoms with Crippen molar-refractivity contribution in [3.8, 4) is 11.8 Å². The fraction of sp³-hybridized carbons (Fsp3) is 0.429. The molecular weight excluding hydrogens is 278 g/mol. The minimum atomic E-state index is -0.345. The van der Waals surface area contributed by atoms with Crippen LogP contribution in [0.25, 0.3) is 0 Å². The molecule has 1 aliphatic carbocycles. The molecule has 0 heterocycles. The van der Waals surface area contributed by atoms with Crippen LogP contribution in [-0.4, -0.2) is 25.1 Å². The highest BCUT2D eigenvalue weighted by Crippen LogP contribution is 2.26. The summed E-state index contributed by atoms with van der Waals surface area (Å²) >= 11 is 6.11. The van der Waals surface area contributed by atoms with Gasteiger partial charge in [-0.3, -0.25) is 4.79 Å². The molecule has 1 saturated carbocycles. The Bertz CT molecular complexity index is 524. The summed E-state index contributed by atoms with van der Waals surface area (Å²) < 4.78 is 5.31. The van der Waals surface area contributed by atoms with Gasteiger partial charge in [-0.2, -0.15) is 5.26 Å². The number of amides is 1. The molecule has 1 fully saturated rings. The molecule has 1 aromatic carbocycles. The lowest BCUT2D eigenvalue weighted by atomic mass is 10.2. The zero-order chi connectivity index (χ0) is 14.4. The first-order valence-electron chi connectivity index (χ1n) is 6.47. The van der Waals surface area contributed by atoms with Gasteiger partial charge in [-0.15, -0.1) is 0 Å². The second-order valence-corrected chi connectivity index (χ2v) is 5.05. The Labute approximate surface area is 122 Å². The number of nitrogens with one attached hydrogen (secondary N) is 2. The van der Waals surface area contributed by atoms with E-state index in [1.54, 1.807) is 6.07 Å². The smallest absolute Gasteiger partial charge is 0.258 e. The van der Waals surface area contributed by atoms with E-state index in [1.165, 1.54) is 12.8 Å². The van der Waals surface area contributed by atoms with Crippen LogP contribution in [0, 0.1) is 11.3 Å². The number of hydrogen-bond acceptors (Lipinski definition) is 4. The van der Waals surface area contributed by atoms with E-state index in [0.717, 1.165) is 12.1 Å². The molecule has 5 nitrogen and oxygen atoms in total. The van der Waals surface area contributed by atoms with Crippen LogP contribution in [0.5, 0.6) is 5.75 Å². The van der Waals surface area contributed by atoms with Crippen molar-refractivity contribution >= 4 is 17.5 Å². The second kappa shape index (κ2) is 7.13. The molecule has 0 atom stereocenters. The van der Waals surface area contributed by atoms with Gasteiger partial charge in [-0.25, -0.2) is 0 Å². The van der Waals surface area contributed by atoms with Crippen molar-refractivity contribution in [2.45, 2.75) is 25.4 Å². The van der Waals surface area contributed by atoms with Gasteiger partial charge in [-0.05, 0) is 30.5 Å². The van der Waals surface area contributed by atoms with Gasteiger partial charge in [0.2, 0.25) is 0 Å². The van der Waals surface area contributed by atoms with E-state index in [1.807, 2.05) is 18.2 Å². The SMILES string of the molecule is N#CCNC(=O)COc1ccc(CNC2CC2)cc1Cl. The Kier molecular flexibility index (Phi) is 5.22. The summed E-state index contributed by atoms with van der Waals surface area (Å²) in [7, 11) is 0. The summed E-state index contributed by atoms with van der Waals surface area (Å²) in [6.45, 7) is 0.607. The zero-order valence-corrected chi connectivity index (χ0v) is 11.7. The minimum absolute atomic E-state index is 0.0261. The summed E-state index contributed by atoms with van der Waals surface area (Å²) in [5.41, 5.74) is 1.09. The summed E-state index contributed by atoms with van der Waals surface area (Å²) in [6.07, 6.45) is 2.49. The van der Waals surface area contributed by atoms with Gasteiger partial charge >= 0.3 is 0 Å². The van der Waals surface area contributed by atoms with E-state index < -0.39 is 0 Å². The number of hydrogen-bond donors (Lipinski definition) is 2. The van der Waals surface area contributed by atoms with Crippen LogP contribution in [0.15, 0.2) is 18.2 Å². The quantitative estimate of drug-likeness (QED) is 0.749. The molecule has 1 aliphatic rings. The van der Waals surface area contributed by atoms with Crippen LogP contribution >= 0.6 is 11.6 Å². The maximum absolute atomic E-state index is 11.3. The normalized spacial score (nSPS) is 13.6. The summed E-state index contributed by atoms with van der Waals surface area (Å²) in [5, 5.41) is 14.6. The molecule has 2 N–H and O–H groups in total. The Morgan fingerprint density at radius 3 is 2.95 bits per heavy atom. The molecule has 0 radical (unpaired) electrons. The van der Waals surface area contributed by atoms with Crippen LogP contribution in [0.3, 0.4) is 0 Å². The first-order valence-corrected chi connectivity index (χ1v) is 6.85. The number of nitriles is 1. The van der Waals surface area contributed by atoms with Gasteiger partial charge < -0.3 is 15.4 Å². The summed E-state index contributed by atoms with van der Waals surface area (Å²) in [5.74, 6) is 0.121. The van der Waals surface area contributed by atoms with Crippen molar-refractivity contribution < 1.29 is 9.53 Å². The third-order valence-electron chi connectivity index (χ3n) is 2.89. The predicted molar refractivity (Wildman–Crippen MR) is 75.4 cm³/mol. The van der Waals surface area contributed by atoms with Gasteiger partial charge in [0.25, 0.3) is 5.91 Å². The highest BCUT2D eigenvalue weighted by atomic mass is 35.5. The third-order valence-corrected chi connectivity index (χ3v) is 3.19. The Morgan fingerprint density at radius 2 is 2.30 bits per heavy atom. The monoisotopic (exact) mass is 293 g/mol. The molecule has 20 heavy (non-hydrogen) atoms. The largest absolute Gasteiger partial charge is 0.482 e. The summed E-state index contributed by atoms with van der Waals surface area (Å²) in [6, 6.07) is 7.98. The molecule has 6 heteroatoms. The van der Waals surface area contributed by atoms with Crippen LogP contribution in [0.4, 0.5) is 0 Å². The van der Waals surface area contributed by atoms with E-state index in [2.05, 4.69) is 10.6 Å². The second-order valence-electron chi connectivity index (χ2n) is 4.64. The fourth-order valence-electron chi connectivity index (χ4n) is 1.65. The van der Waals surface area contributed by atoms with E-state index in [4.69, 9.17) is 21.6 Å². The number of rotatable bonds is 7. The van der Waals surface area contributed by atoms with Crippen molar-refractivity contribution in [1.29, 1.82) is 5.26 Å². The molecule has 1 amide bonds. The third kappa shape index (κ3) is 4.72. The maximum atomic E-state index is 11.3. The van der Waals surface area contributed by atoms with Gasteiger partial charge in [0, 0.05) is 12.6 Å². The lowest BCUT2D eigenvalue weighted by Crippen LogP contribution is -2.29. The topological polar surface area (TPSA) is 74.2 Å². The average Bonchev–Trinajstić information content (AvgIpc) is 3.26. The molecule has 0 unspecified atom stereocenters. The fourth-order valence-corrected chi connectivity index (χ4v) is 1.91. The number of halogens is 1. The van der Waals surface area contributed by atoms with Crippen molar-refractivity contribution in [3.63, 3.8) is 0 Å². The Morgan fingerprint density at radius 1 is 1.50 bits per heavy atom. The molecule has 106 valence electrons. The first kappa shape index (κ1) is 14.6. The molecule has 1 aromatic rings. The molecule has 0 aliphatic heterocycles. The van der Waals surface area contributed by atoms with Crippen LogP contribution in [0.1, 0.15) is 18.4 Å². The van der Waals surface area contributed by atoms with Crippen molar-refractivity contribution in [1.82, 2.24) is 10.6 Å². The maximum Gasteiger partial charge on any atom is 0.258 e. The predicted octanol–water partition coefficient (Wildman–Crippen LogP) is 1.61. The minimum Gasteiger partial charge on any atom is -0.482 e. The standard InChI is InChI=1S/C14H16ClN3O2/c15-12-7-10(8-18-11-2-3-11)1-4-13(12)20-9-14(19)17-6-5-16/h1,4,7,11,18H,2-3,6,8-9H2,(H,17,19). The number of ether oxygens (including phenoxy) is 1. The molecule has 0 spiro atoms. The Hall–Kier alpha value is -1.77. The summed E-state index contributed by atoms with van der Waals surface area (Å²) in [4.78, 5) is 11.3. The van der Waals surface area contributed by atoms with E-state index in [-0.39, 0.29) is 19.1 Å². The van der Waals surface area contributed by atoms with Crippen molar-refractivity contribution in [2.24, 2.45) is 0 Å². The van der Waals surface area contributed by atoms with Crippen LogP contribution in [0.2, 0.25) is 5.02 Å². The number of benzene rings is 1. The van der Waals surface area contributed by atoms with Crippen molar-refractivity contribution in [3.05, 3.63) is 28.8 Å². The van der Waals surface area contributed by atoms with Gasteiger partial charge in [0.15, 0.2) is 6.61 Å². The van der Waals surface area contributed by atoms with E-state index >= 15 is 0 Å². The van der Waals surface area contributed by atoms with Crippen molar-refractivity contribution in [2.75, 3.05) is 13.2 Å². The highest BCUT2D eigenvalue weighted by molar-refractivity contribution is 6.32. The average molecular weight is 294 g/mol. The lowest BCUT2D eigenvalue weighted by Gasteiger charge is -2.09. The molecule has 0 bridgehead atoms. The number of nitrogens with zero attached hydrogens (tertiary/aromatic N) is 1. The van der Waals surface area contributed by atoms with Crippen LogP contribution < -0.4 is 15.4 Å². The van der Waals surface area contributed by atoms with Gasteiger partial charge in [0.1, 0.15) is 12.3 Å². The molecule has 0 saturated heterocycles. The lowest BCUT2D eigenvalue weighted by molar-refractivity contribution is -0.122. The Balaban J connectivity index is 1.82. The number of carbonyl (C=O) groups is 1. The first-order chi connectivity index (χ1) is 9.69. The van der Waals surface area contributed by atoms with Gasteiger partial charge in [-0.1, -0.05) is 17.7 Å². The number of carbonyl (C=O) groups excluding carboxylic acids is 1. The van der Waals surface area contributed by atoms with Gasteiger partial charge in [0.05, 0.1) is 11.1 Å². The molecular formula is C14H16ClN3O2. The van der Waals surface area contributed by atoms with Crippen LogP contribution in [-0.2, 0) is 11.3 Å². The van der Waals surface area contributed by atoms with E-state index in [0.29, 0.717) is 16.8 Å².